The fourth-order valence-electron chi connectivity index (χ4n) is 2.03. The predicted molar refractivity (Wildman–Crippen MR) is 74.8 cm³/mol. The SMILES string of the molecule is FC1(F)CN(Cc2csc(C#Cc3ccccc3)n2)C1. The number of likely N-dealkylation sites (tertiary alicyclic amines) is 1. The summed E-state index contributed by atoms with van der Waals surface area (Å²) in [6.07, 6.45) is 0. The first-order chi connectivity index (χ1) is 9.61. The Bertz CT molecular complexity index is 647. The van der Waals surface area contributed by atoms with Crippen molar-refractivity contribution in [2.24, 2.45) is 0 Å². The zero-order chi connectivity index (χ0) is 14.0. The van der Waals surface area contributed by atoms with Gasteiger partial charge in [-0.2, -0.15) is 0 Å². The number of alkyl halides is 2. The molecule has 1 saturated heterocycles. The van der Waals surface area contributed by atoms with E-state index in [-0.39, 0.29) is 13.1 Å². The molecule has 1 aromatic heterocycles. The third kappa shape index (κ3) is 3.21. The summed E-state index contributed by atoms with van der Waals surface area (Å²) in [6, 6.07) is 9.67. The van der Waals surface area contributed by atoms with Crippen molar-refractivity contribution in [1.29, 1.82) is 0 Å². The maximum absolute atomic E-state index is 12.7. The van der Waals surface area contributed by atoms with Gasteiger partial charge in [0.05, 0.1) is 18.8 Å². The Balaban J connectivity index is 1.62. The summed E-state index contributed by atoms with van der Waals surface area (Å²) in [6.45, 7) is 0.129. The van der Waals surface area contributed by atoms with Crippen LogP contribution in [0.4, 0.5) is 8.78 Å². The normalized spacial score (nSPS) is 17.1. The van der Waals surface area contributed by atoms with Gasteiger partial charge in [0.15, 0.2) is 5.01 Å². The average Bonchev–Trinajstić information content (AvgIpc) is 2.83. The van der Waals surface area contributed by atoms with Crippen LogP contribution in [0.3, 0.4) is 0 Å². The first-order valence-electron chi connectivity index (χ1n) is 6.22. The molecule has 1 aliphatic heterocycles. The molecular weight excluding hydrogens is 278 g/mol. The van der Waals surface area contributed by atoms with E-state index in [9.17, 15) is 8.78 Å². The van der Waals surface area contributed by atoms with E-state index < -0.39 is 5.92 Å². The molecule has 3 rings (SSSR count). The molecule has 0 bridgehead atoms. The molecule has 0 radical (unpaired) electrons. The average molecular weight is 290 g/mol. The van der Waals surface area contributed by atoms with Gasteiger partial charge in [-0.1, -0.05) is 24.1 Å². The van der Waals surface area contributed by atoms with Crippen LogP contribution in [0, 0.1) is 11.8 Å². The molecule has 20 heavy (non-hydrogen) atoms. The van der Waals surface area contributed by atoms with Crippen molar-refractivity contribution in [2.75, 3.05) is 13.1 Å². The Hall–Kier alpha value is -1.77. The maximum Gasteiger partial charge on any atom is 0.272 e. The minimum atomic E-state index is -2.52. The summed E-state index contributed by atoms with van der Waals surface area (Å²) in [7, 11) is 0. The Kier molecular flexibility index (Phi) is 3.51. The van der Waals surface area contributed by atoms with Crippen molar-refractivity contribution in [3.05, 3.63) is 52.0 Å². The van der Waals surface area contributed by atoms with E-state index in [2.05, 4.69) is 16.8 Å². The molecule has 2 heterocycles. The van der Waals surface area contributed by atoms with Gasteiger partial charge in [0, 0.05) is 17.5 Å². The first-order valence-corrected chi connectivity index (χ1v) is 7.10. The second kappa shape index (κ2) is 5.31. The van der Waals surface area contributed by atoms with Crippen LogP contribution in [0.25, 0.3) is 0 Å². The third-order valence-corrected chi connectivity index (χ3v) is 3.74. The minimum absolute atomic E-state index is 0.171. The third-order valence-electron chi connectivity index (χ3n) is 2.93. The van der Waals surface area contributed by atoms with Crippen molar-refractivity contribution in [3.8, 4) is 11.8 Å². The van der Waals surface area contributed by atoms with E-state index in [1.165, 1.54) is 11.3 Å². The smallest absolute Gasteiger partial charge is 0.272 e. The van der Waals surface area contributed by atoms with E-state index in [0.29, 0.717) is 6.54 Å². The number of rotatable bonds is 2. The molecule has 0 spiro atoms. The van der Waals surface area contributed by atoms with Crippen molar-refractivity contribution in [2.45, 2.75) is 12.5 Å². The number of nitrogens with zero attached hydrogens (tertiary/aromatic N) is 2. The van der Waals surface area contributed by atoms with E-state index in [4.69, 9.17) is 0 Å². The van der Waals surface area contributed by atoms with Gasteiger partial charge in [-0.3, -0.25) is 4.90 Å². The molecule has 1 aromatic carbocycles. The number of benzene rings is 1. The van der Waals surface area contributed by atoms with Crippen LogP contribution in [0.1, 0.15) is 16.3 Å². The molecule has 102 valence electrons. The molecule has 2 aromatic rings. The molecule has 1 fully saturated rings. The van der Waals surface area contributed by atoms with Gasteiger partial charge in [0.25, 0.3) is 5.92 Å². The van der Waals surface area contributed by atoms with Crippen LogP contribution in [-0.4, -0.2) is 28.9 Å². The van der Waals surface area contributed by atoms with E-state index >= 15 is 0 Å². The van der Waals surface area contributed by atoms with E-state index in [1.54, 1.807) is 4.90 Å². The van der Waals surface area contributed by atoms with Crippen molar-refractivity contribution in [3.63, 3.8) is 0 Å². The highest BCUT2D eigenvalue weighted by atomic mass is 32.1. The van der Waals surface area contributed by atoms with Crippen molar-refractivity contribution >= 4 is 11.3 Å². The van der Waals surface area contributed by atoms with Crippen LogP contribution in [0.15, 0.2) is 35.7 Å². The summed E-state index contributed by atoms with van der Waals surface area (Å²) in [5, 5.41) is 2.60. The molecule has 1 aliphatic rings. The maximum atomic E-state index is 12.7. The first kappa shape index (κ1) is 13.2. The highest BCUT2D eigenvalue weighted by molar-refractivity contribution is 7.10. The fraction of sp³-hybridized carbons (Fsp3) is 0.267. The number of hydrogen-bond donors (Lipinski definition) is 0. The van der Waals surface area contributed by atoms with Crippen LogP contribution >= 0.6 is 11.3 Å². The van der Waals surface area contributed by atoms with Crippen LogP contribution in [-0.2, 0) is 6.54 Å². The monoisotopic (exact) mass is 290 g/mol. The lowest BCUT2D eigenvalue weighted by atomic mass is 10.1. The lowest BCUT2D eigenvalue weighted by Crippen LogP contribution is -2.55. The Morgan fingerprint density at radius 2 is 1.95 bits per heavy atom. The summed E-state index contributed by atoms with van der Waals surface area (Å²) in [5.41, 5.74) is 1.74. The second-order valence-electron chi connectivity index (χ2n) is 4.76. The van der Waals surface area contributed by atoms with Gasteiger partial charge in [-0.15, -0.1) is 11.3 Å². The Morgan fingerprint density at radius 3 is 2.65 bits per heavy atom. The van der Waals surface area contributed by atoms with Gasteiger partial charge in [0.1, 0.15) is 0 Å². The van der Waals surface area contributed by atoms with Crippen molar-refractivity contribution < 1.29 is 8.78 Å². The summed E-state index contributed by atoms with van der Waals surface area (Å²) >= 11 is 1.45. The van der Waals surface area contributed by atoms with Gasteiger partial charge in [0.2, 0.25) is 0 Å². The topological polar surface area (TPSA) is 16.1 Å². The molecule has 5 heteroatoms. The standard InChI is InChI=1S/C15H12F2N2S/c16-15(17)10-19(11-15)8-13-9-20-14(18-13)7-6-12-4-2-1-3-5-12/h1-5,9H,8,10-11H2. The predicted octanol–water partition coefficient (Wildman–Crippen LogP) is 2.99. The minimum Gasteiger partial charge on any atom is -0.285 e. The number of thiazole rings is 1. The van der Waals surface area contributed by atoms with Crippen molar-refractivity contribution in [1.82, 2.24) is 9.88 Å². The highest BCUT2D eigenvalue weighted by Gasteiger charge is 2.43. The molecular formula is C15H12F2N2S. The van der Waals surface area contributed by atoms with E-state index in [0.717, 1.165) is 16.3 Å². The molecule has 0 N–H and O–H groups in total. The van der Waals surface area contributed by atoms with Crippen LogP contribution in [0.2, 0.25) is 0 Å². The second-order valence-corrected chi connectivity index (χ2v) is 5.62. The molecule has 2 nitrogen and oxygen atoms in total. The number of halogens is 2. The van der Waals surface area contributed by atoms with Gasteiger partial charge < -0.3 is 0 Å². The van der Waals surface area contributed by atoms with Gasteiger partial charge in [-0.25, -0.2) is 13.8 Å². The lowest BCUT2D eigenvalue weighted by molar-refractivity contribution is -0.134. The van der Waals surface area contributed by atoms with Crippen LogP contribution < -0.4 is 0 Å². The zero-order valence-corrected chi connectivity index (χ0v) is 11.5. The van der Waals surface area contributed by atoms with Gasteiger partial charge >= 0.3 is 0 Å². The zero-order valence-electron chi connectivity index (χ0n) is 10.6. The largest absolute Gasteiger partial charge is 0.285 e. The Morgan fingerprint density at radius 1 is 1.20 bits per heavy atom. The summed E-state index contributed by atoms with van der Waals surface area (Å²) in [5.74, 6) is 3.51. The molecule has 0 saturated carbocycles. The Labute approximate surface area is 120 Å². The quantitative estimate of drug-likeness (QED) is 0.790. The number of aromatic nitrogens is 1. The lowest BCUT2D eigenvalue weighted by Gasteiger charge is -2.38. The molecule has 0 amide bonds. The number of hydrogen-bond acceptors (Lipinski definition) is 3. The molecule has 0 atom stereocenters. The van der Waals surface area contributed by atoms with Crippen LogP contribution in [0.5, 0.6) is 0 Å². The fourth-order valence-corrected chi connectivity index (χ4v) is 2.69. The summed E-state index contributed by atoms with van der Waals surface area (Å²) < 4.78 is 25.4. The van der Waals surface area contributed by atoms with E-state index in [1.807, 2.05) is 35.7 Å². The molecule has 0 unspecified atom stereocenters. The van der Waals surface area contributed by atoms with Gasteiger partial charge in [-0.05, 0) is 18.1 Å². The highest BCUT2D eigenvalue weighted by Crippen LogP contribution is 2.28. The summed E-state index contributed by atoms with van der Waals surface area (Å²) in [4.78, 5) is 6.04. The molecule has 0 aliphatic carbocycles.